The maximum Gasteiger partial charge on any atom is 0.133 e. The predicted octanol–water partition coefficient (Wildman–Crippen LogP) is 4.80. The van der Waals surface area contributed by atoms with Crippen molar-refractivity contribution in [2.45, 2.75) is 52.0 Å². The predicted molar refractivity (Wildman–Crippen MR) is 93.0 cm³/mol. The topological polar surface area (TPSA) is 21.3 Å². The zero-order valence-corrected chi connectivity index (χ0v) is 15.1. The van der Waals surface area contributed by atoms with Crippen LogP contribution in [0.25, 0.3) is 0 Å². The summed E-state index contributed by atoms with van der Waals surface area (Å²) in [5.74, 6) is 2.68. The molecule has 0 amide bonds. The molecular formula is C18H28BrNO. The second-order valence-corrected chi connectivity index (χ2v) is 7.04. The molecule has 0 aromatic heterocycles. The van der Waals surface area contributed by atoms with E-state index in [1.54, 1.807) is 7.11 Å². The Morgan fingerprint density at radius 3 is 2.71 bits per heavy atom. The number of ether oxygens (including phenoxy) is 1. The van der Waals surface area contributed by atoms with E-state index in [-0.39, 0.29) is 0 Å². The quantitative estimate of drug-likeness (QED) is 0.759. The maximum absolute atomic E-state index is 5.32. The summed E-state index contributed by atoms with van der Waals surface area (Å²) in [6.07, 6.45) is 6.63. The van der Waals surface area contributed by atoms with Gasteiger partial charge in [-0.2, -0.15) is 0 Å². The molecule has 1 aliphatic carbocycles. The van der Waals surface area contributed by atoms with E-state index in [1.807, 2.05) is 0 Å². The lowest BCUT2D eigenvalue weighted by Gasteiger charge is -2.25. The minimum Gasteiger partial charge on any atom is -0.496 e. The molecule has 0 radical (unpaired) electrons. The molecule has 0 spiro atoms. The van der Waals surface area contributed by atoms with E-state index in [0.717, 1.165) is 35.0 Å². The van der Waals surface area contributed by atoms with Crippen molar-refractivity contribution >= 4 is 15.9 Å². The lowest BCUT2D eigenvalue weighted by molar-refractivity contribution is 0.348. The molecule has 1 aliphatic rings. The third-order valence-corrected chi connectivity index (χ3v) is 5.49. The molecule has 0 bridgehead atoms. The van der Waals surface area contributed by atoms with Gasteiger partial charge in [-0.1, -0.05) is 32.8 Å². The molecule has 2 nitrogen and oxygen atoms in total. The Morgan fingerprint density at radius 2 is 2.14 bits per heavy atom. The minimum absolute atomic E-state index is 0.604. The first-order chi connectivity index (χ1) is 10.2. The van der Waals surface area contributed by atoms with Crippen molar-refractivity contribution in [3.8, 4) is 5.75 Å². The Balaban J connectivity index is 2.04. The minimum atomic E-state index is 0.604. The molecule has 1 aromatic rings. The Labute approximate surface area is 137 Å². The van der Waals surface area contributed by atoms with Gasteiger partial charge in [0.05, 0.1) is 11.6 Å². The lowest BCUT2D eigenvalue weighted by Crippen LogP contribution is -2.37. The fraction of sp³-hybridized carbons (Fsp3) is 0.667. The fourth-order valence-electron chi connectivity index (χ4n) is 3.61. The van der Waals surface area contributed by atoms with Gasteiger partial charge < -0.3 is 10.1 Å². The molecule has 1 saturated carbocycles. The summed E-state index contributed by atoms with van der Waals surface area (Å²) in [6, 6.07) is 7.06. The zero-order valence-electron chi connectivity index (χ0n) is 13.5. The smallest absolute Gasteiger partial charge is 0.133 e. The van der Waals surface area contributed by atoms with E-state index >= 15 is 0 Å². The fourth-order valence-corrected chi connectivity index (χ4v) is 4.20. The summed E-state index contributed by atoms with van der Waals surface area (Å²) in [4.78, 5) is 0. The van der Waals surface area contributed by atoms with E-state index in [4.69, 9.17) is 4.74 Å². The molecule has 118 valence electrons. The average molecular weight is 354 g/mol. The number of likely N-dealkylation sites (N-methyl/N-ethyl adjacent to an activating group) is 1. The van der Waals surface area contributed by atoms with Gasteiger partial charge in [0, 0.05) is 6.04 Å². The summed E-state index contributed by atoms with van der Waals surface area (Å²) in [5, 5.41) is 3.72. The number of benzene rings is 1. The van der Waals surface area contributed by atoms with Gasteiger partial charge in [-0.05, 0) is 71.3 Å². The second kappa shape index (κ2) is 8.19. The molecule has 0 heterocycles. The lowest BCUT2D eigenvalue weighted by atomic mass is 9.91. The van der Waals surface area contributed by atoms with E-state index < -0.39 is 0 Å². The van der Waals surface area contributed by atoms with E-state index in [9.17, 15) is 0 Å². The van der Waals surface area contributed by atoms with Gasteiger partial charge in [0.15, 0.2) is 0 Å². The van der Waals surface area contributed by atoms with Crippen LogP contribution in [0.5, 0.6) is 5.75 Å². The third kappa shape index (κ3) is 4.46. The Bertz CT molecular complexity index is 449. The number of rotatable bonds is 7. The Kier molecular flexibility index (Phi) is 6.56. The highest BCUT2D eigenvalue weighted by Gasteiger charge is 2.29. The number of hydrogen-bond donors (Lipinski definition) is 1. The summed E-state index contributed by atoms with van der Waals surface area (Å²) in [5.41, 5.74) is 1.38. The molecular weight excluding hydrogens is 326 g/mol. The van der Waals surface area contributed by atoms with Crippen LogP contribution >= 0.6 is 15.9 Å². The van der Waals surface area contributed by atoms with Crippen molar-refractivity contribution in [1.82, 2.24) is 5.32 Å². The van der Waals surface area contributed by atoms with Gasteiger partial charge in [-0.3, -0.25) is 0 Å². The van der Waals surface area contributed by atoms with Crippen molar-refractivity contribution < 1.29 is 4.74 Å². The Hall–Kier alpha value is -0.540. The van der Waals surface area contributed by atoms with Gasteiger partial charge in [0.25, 0.3) is 0 Å². The van der Waals surface area contributed by atoms with Crippen molar-refractivity contribution in [3.63, 3.8) is 0 Å². The van der Waals surface area contributed by atoms with Crippen LogP contribution < -0.4 is 10.1 Å². The molecule has 3 unspecified atom stereocenters. The first-order valence-electron chi connectivity index (χ1n) is 8.23. The summed E-state index contributed by atoms with van der Waals surface area (Å²) < 4.78 is 6.37. The van der Waals surface area contributed by atoms with Crippen molar-refractivity contribution in [3.05, 3.63) is 28.2 Å². The number of hydrogen-bond acceptors (Lipinski definition) is 2. The molecule has 21 heavy (non-hydrogen) atoms. The highest BCUT2D eigenvalue weighted by molar-refractivity contribution is 9.10. The summed E-state index contributed by atoms with van der Waals surface area (Å²) >= 11 is 3.60. The van der Waals surface area contributed by atoms with Gasteiger partial charge in [-0.15, -0.1) is 0 Å². The van der Waals surface area contributed by atoms with Crippen LogP contribution in [0, 0.1) is 11.8 Å². The van der Waals surface area contributed by atoms with Crippen molar-refractivity contribution in [2.24, 2.45) is 11.8 Å². The summed E-state index contributed by atoms with van der Waals surface area (Å²) in [7, 11) is 1.71. The van der Waals surface area contributed by atoms with Crippen LogP contribution in [0.1, 0.15) is 45.1 Å². The van der Waals surface area contributed by atoms with E-state index in [2.05, 4.69) is 53.3 Å². The third-order valence-electron chi connectivity index (χ3n) is 4.87. The molecule has 3 heteroatoms. The highest BCUT2D eigenvalue weighted by atomic mass is 79.9. The monoisotopic (exact) mass is 353 g/mol. The molecule has 3 atom stereocenters. The van der Waals surface area contributed by atoms with Crippen LogP contribution in [-0.2, 0) is 6.42 Å². The van der Waals surface area contributed by atoms with Crippen molar-refractivity contribution in [2.75, 3.05) is 13.7 Å². The van der Waals surface area contributed by atoms with Crippen LogP contribution in [0.15, 0.2) is 22.7 Å². The van der Waals surface area contributed by atoms with Crippen LogP contribution in [0.3, 0.4) is 0 Å². The van der Waals surface area contributed by atoms with Crippen LogP contribution in [0.2, 0.25) is 0 Å². The highest BCUT2D eigenvalue weighted by Crippen LogP contribution is 2.36. The molecule has 0 saturated heterocycles. The van der Waals surface area contributed by atoms with Gasteiger partial charge >= 0.3 is 0 Å². The largest absolute Gasteiger partial charge is 0.496 e. The molecule has 2 rings (SSSR count). The van der Waals surface area contributed by atoms with Crippen molar-refractivity contribution in [1.29, 1.82) is 0 Å². The number of halogens is 1. The molecule has 0 aliphatic heterocycles. The van der Waals surface area contributed by atoms with Gasteiger partial charge in [0.1, 0.15) is 5.75 Å². The number of methoxy groups -OCH3 is 1. The normalized spacial score (nSPS) is 23.2. The average Bonchev–Trinajstić information content (AvgIpc) is 2.96. The zero-order chi connectivity index (χ0) is 15.2. The van der Waals surface area contributed by atoms with Gasteiger partial charge in [0.2, 0.25) is 0 Å². The first-order valence-corrected chi connectivity index (χ1v) is 9.03. The second-order valence-electron chi connectivity index (χ2n) is 6.18. The van der Waals surface area contributed by atoms with E-state index in [1.165, 1.54) is 31.2 Å². The van der Waals surface area contributed by atoms with Gasteiger partial charge in [-0.25, -0.2) is 0 Å². The van der Waals surface area contributed by atoms with Crippen LogP contribution in [0.4, 0.5) is 0 Å². The first kappa shape index (κ1) is 16.8. The SMILES string of the molecule is CCNC(Cc1ccc(OC)c(Br)c1)C1CCC(CC)C1. The Morgan fingerprint density at radius 1 is 1.33 bits per heavy atom. The molecule has 1 aromatic carbocycles. The summed E-state index contributed by atoms with van der Waals surface area (Å²) in [6.45, 7) is 5.59. The molecule has 1 N–H and O–H groups in total. The van der Waals surface area contributed by atoms with Crippen LogP contribution in [-0.4, -0.2) is 19.7 Å². The maximum atomic E-state index is 5.32. The number of nitrogens with one attached hydrogen (secondary N) is 1. The molecule has 1 fully saturated rings. The van der Waals surface area contributed by atoms with E-state index in [0.29, 0.717) is 6.04 Å². The standard InChI is InChI=1S/C18H28BrNO/c1-4-13-6-8-15(10-13)17(20-5-2)12-14-7-9-18(21-3)16(19)11-14/h7,9,11,13,15,17,20H,4-6,8,10,12H2,1-3H3.